The number of anilines is 1. The summed E-state index contributed by atoms with van der Waals surface area (Å²) in [7, 11) is 0. The number of para-hydroxylation sites is 1. The minimum absolute atomic E-state index is 0.0344. The lowest BCUT2D eigenvalue weighted by molar-refractivity contribution is -0.120. The second kappa shape index (κ2) is 6.66. The predicted molar refractivity (Wildman–Crippen MR) is 84.3 cm³/mol. The van der Waals surface area contributed by atoms with Gasteiger partial charge in [0.05, 0.1) is 4.99 Å². The summed E-state index contributed by atoms with van der Waals surface area (Å²) in [5.74, 6) is 0.106. The van der Waals surface area contributed by atoms with Gasteiger partial charge in [0.15, 0.2) is 0 Å². The van der Waals surface area contributed by atoms with Gasteiger partial charge >= 0.3 is 0 Å². The molecule has 0 aliphatic rings. The summed E-state index contributed by atoms with van der Waals surface area (Å²) in [5.41, 5.74) is 6.40. The zero-order valence-corrected chi connectivity index (χ0v) is 12.7. The number of hydrogen-bond acceptors (Lipinski definition) is 2. The fourth-order valence-corrected chi connectivity index (χ4v) is 1.87. The summed E-state index contributed by atoms with van der Waals surface area (Å²) in [4.78, 5) is 14.6. The Balaban J connectivity index is 2.86. The Morgan fingerprint density at radius 3 is 2.32 bits per heavy atom. The summed E-state index contributed by atoms with van der Waals surface area (Å²) in [6.07, 6.45) is 1.04. The molecule has 1 aromatic rings. The third-order valence-corrected chi connectivity index (χ3v) is 2.84. The van der Waals surface area contributed by atoms with Crippen LogP contribution in [0.1, 0.15) is 33.6 Å². The van der Waals surface area contributed by atoms with Crippen LogP contribution in [0.5, 0.6) is 0 Å². The van der Waals surface area contributed by atoms with Crippen molar-refractivity contribution in [3.63, 3.8) is 0 Å². The molecule has 0 atom stereocenters. The van der Waals surface area contributed by atoms with Crippen LogP contribution in [0.3, 0.4) is 0 Å². The molecule has 104 valence electrons. The molecule has 0 unspecified atom stereocenters. The number of carbonyl (C=O) groups is 1. The van der Waals surface area contributed by atoms with Crippen LogP contribution in [0.2, 0.25) is 0 Å². The van der Waals surface area contributed by atoms with E-state index in [1.165, 1.54) is 0 Å². The molecule has 0 aliphatic heterocycles. The third-order valence-electron chi connectivity index (χ3n) is 2.63. The first-order valence-corrected chi connectivity index (χ1v) is 6.84. The van der Waals surface area contributed by atoms with Crippen LogP contribution in [0.25, 0.3) is 0 Å². The first kappa shape index (κ1) is 15.6. The van der Waals surface area contributed by atoms with Gasteiger partial charge < -0.3 is 10.6 Å². The van der Waals surface area contributed by atoms with Crippen molar-refractivity contribution in [3.05, 3.63) is 30.3 Å². The smallest absolute Gasteiger partial charge is 0.227 e. The zero-order valence-electron chi connectivity index (χ0n) is 11.8. The molecular formula is C15H22N2OS. The summed E-state index contributed by atoms with van der Waals surface area (Å²) >= 11 is 4.90. The summed E-state index contributed by atoms with van der Waals surface area (Å²) in [6, 6.07) is 9.64. The number of nitrogens with zero attached hydrogens (tertiary/aromatic N) is 1. The van der Waals surface area contributed by atoms with Gasteiger partial charge in [-0.2, -0.15) is 0 Å². The van der Waals surface area contributed by atoms with Crippen molar-refractivity contribution in [1.82, 2.24) is 0 Å². The topological polar surface area (TPSA) is 46.3 Å². The van der Waals surface area contributed by atoms with E-state index in [2.05, 4.69) is 20.8 Å². The quantitative estimate of drug-likeness (QED) is 0.842. The predicted octanol–water partition coefficient (Wildman–Crippen LogP) is 3.13. The van der Waals surface area contributed by atoms with Gasteiger partial charge in [0, 0.05) is 25.1 Å². The molecule has 19 heavy (non-hydrogen) atoms. The fourth-order valence-electron chi connectivity index (χ4n) is 1.78. The molecule has 2 N–H and O–H groups in total. The van der Waals surface area contributed by atoms with Gasteiger partial charge in [-0.15, -0.1) is 0 Å². The Morgan fingerprint density at radius 2 is 1.84 bits per heavy atom. The van der Waals surface area contributed by atoms with Crippen LogP contribution in [0, 0.1) is 5.41 Å². The van der Waals surface area contributed by atoms with Crippen LogP contribution < -0.4 is 10.6 Å². The second-order valence-corrected chi connectivity index (χ2v) is 6.36. The van der Waals surface area contributed by atoms with E-state index >= 15 is 0 Å². The Bertz CT molecular complexity index is 437. The maximum atomic E-state index is 12.4. The molecule has 0 fully saturated rings. The van der Waals surface area contributed by atoms with Gasteiger partial charge in [-0.3, -0.25) is 4.79 Å². The highest BCUT2D eigenvalue weighted by atomic mass is 32.1. The van der Waals surface area contributed by atoms with Crippen molar-refractivity contribution < 1.29 is 4.79 Å². The standard InChI is InChI=1S/C15H22N2OS/c1-15(2,3)11-14(18)17(10-9-13(16)19)12-7-5-4-6-8-12/h4-8H,9-11H2,1-3H3,(H2,16,19). The Kier molecular flexibility index (Phi) is 5.48. The molecule has 0 heterocycles. The average Bonchev–Trinajstić information content (AvgIpc) is 2.27. The van der Waals surface area contributed by atoms with Crippen LogP contribution >= 0.6 is 12.2 Å². The van der Waals surface area contributed by atoms with Crippen LogP contribution in [0.4, 0.5) is 5.69 Å². The summed E-state index contributed by atoms with van der Waals surface area (Å²) < 4.78 is 0. The van der Waals surface area contributed by atoms with E-state index in [4.69, 9.17) is 18.0 Å². The minimum atomic E-state index is -0.0344. The first-order valence-electron chi connectivity index (χ1n) is 6.43. The van der Waals surface area contributed by atoms with E-state index in [9.17, 15) is 4.79 Å². The fraction of sp³-hybridized carbons (Fsp3) is 0.467. The highest BCUT2D eigenvalue weighted by molar-refractivity contribution is 7.80. The highest BCUT2D eigenvalue weighted by Crippen LogP contribution is 2.23. The summed E-state index contributed by atoms with van der Waals surface area (Å²) in [5, 5.41) is 0. The number of amides is 1. The summed E-state index contributed by atoms with van der Waals surface area (Å²) in [6.45, 7) is 6.71. The maximum absolute atomic E-state index is 12.4. The van der Waals surface area contributed by atoms with E-state index in [-0.39, 0.29) is 11.3 Å². The van der Waals surface area contributed by atoms with Crippen molar-refractivity contribution in [2.24, 2.45) is 11.1 Å². The van der Waals surface area contributed by atoms with Gasteiger partial charge in [0.1, 0.15) is 0 Å². The SMILES string of the molecule is CC(C)(C)CC(=O)N(CCC(N)=S)c1ccccc1. The Labute approximate surface area is 120 Å². The van der Waals surface area contributed by atoms with Crippen LogP contribution in [-0.2, 0) is 4.79 Å². The molecular weight excluding hydrogens is 256 g/mol. The van der Waals surface area contributed by atoms with Gasteiger partial charge in [-0.25, -0.2) is 0 Å². The van der Waals surface area contributed by atoms with Gasteiger partial charge in [0.25, 0.3) is 0 Å². The molecule has 0 aromatic heterocycles. The number of thiocarbonyl (C=S) groups is 1. The van der Waals surface area contributed by atoms with Crippen molar-refractivity contribution >= 4 is 28.8 Å². The number of rotatable bonds is 5. The lowest BCUT2D eigenvalue weighted by Gasteiger charge is -2.26. The monoisotopic (exact) mass is 278 g/mol. The Morgan fingerprint density at radius 1 is 1.26 bits per heavy atom. The Hall–Kier alpha value is -1.42. The maximum Gasteiger partial charge on any atom is 0.227 e. The van der Waals surface area contributed by atoms with Gasteiger partial charge in [-0.1, -0.05) is 51.2 Å². The van der Waals surface area contributed by atoms with Gasteiger partial charge in [0.2, 0.25) is 5.91 Å². The second-order valence-electron chi connectivity index (χ2n) is 5.83. The molecule has 0 spiro atoms. The number of hydrogen-bond donors (Lipinski definition) is 1. The van der Waals surface area contributed by atoms with Gasteiger partial charge in [-0.05, 0) is 17.5 Å². The molecule has 1 rings (SSSR count). The zero-order chi connectivity index (χ0) is 14.5. The van der Waals surface area contributed by atoms with Crippen molar-refractivity contribution in [2.45, 2.75) is 33.6 Å². The van der Waals surface area contributed by atoms with E-state index < -0.39 is 0 Å². The van der Waals surface area contributed by atoms with E-state index in [0.717, 1.165) is 5.69 Å². The molecule has 0 aliphatic carbocycles. The lowest BCUT2D eigenvalue weighted by atomic mass is 9.91. The third kappa shape index (κ3) is 5.83. The van der Waals surface area contributed by atoms with E-state index in [1.807, 2.05) is 30.3 Å². The average molecular weight is 278 g/mol. The molecule has 1 aromatic carbocycles. The van der Waals surface area contributed by atoms with E-state index in [1.54, 1.807) is 4.90 Å². The molecule has 0 bridgehead atoms. The van der Waals surface area contributed by atoms with Crippen LogP contribution in [0.15, 0.2) is 30.3 Å². The van der Waals surface area contributed by atoms with Crippen molar-refractivity contribution in [1.29, 1.82) is 0 Å². The molecule has 1 amide bonds. The molecule has 0 saturated heterocycles. The minimum Gasteiger partial charge on any atom is -0.393 e. The number of benzene rings is 1. The number of carbonyl (C=O) groups excluding carboxylic acids is 1. The van der Waals surface area contributed by atoms with E-state index in [0.29, 0.717) is 24.4 Å². The van der Waals surface area contributed by atoms with Crippen molar-refractivity contribution in [3.8, 4) is 0 Å². The largest absolute Gasteiger partial charge is 0.393 e. The molecule has 3 nitrogen and oxygen atoms in total. The normalized spacial score (nSPS) is 11.1. The highest BCUT2D eigenvalue weighted by Gasteiger charge is 2.22. The molecule has 0 radical (unpaired) electrons. The molecule has 0 saturated carbocycles. The molecule has 4 heteroatoms. The number of nitrogens with two attached hydrogens (primary N) is 1. The van der Waals surface area contributed by atoms with Crippen molar-refractivity contribution in [2.75, 3.05) is 11.4 Å². The lowest BCUT2D eigenvalue weighted by Crippen LogP contribution is -2.35. The first-order chi connectivity index (χ1) is 8.79. The van der Waals surface area contributed by atoms with Crippen LogP contribution in [-0.4, -0.2) is 17.4 Å².